The smallest absolute Gasteiger partial charge is 0.255 e. The first kappa shape index (κ1) is 14.1. The maximum atomic E-state index is 12.0. The van der Waals surface area contributed by atoms with E-state index in [0.29, 0.717) is 0 Å². The first-order chi connectivity index (χ1) is 9.59. The quantitative estimate of drug-likeness (QED) is 0.798. The number of benzene rings is 2. The molecule has 0 radical (unpaired) electrons. The molecule has 0 saturated heterocycles. The van der Waals surface area contributed by atoms with Gasteiger partial charge < -0.3 is 15.5 Å². The number of amides is 1. The van der Waals surface area contributed by atoms with E-state index in [0.717, 1.165) is 5.56 Å². The number of nitrogens with one attached hydrogen (secondary N) is 1. The summed E-state index contributed by atoms with van der Waals surface area (Å²) >= 11 is 0. The van der Waals surface area contributed by atoms with Crippen LogP contribution in [0.25, 0.3) is 0 Å². The van der Waals surface area contributed by atoms with Crippen LogP contribution in [0, 0.1) is 0 Å². The third-order valence-corrected chi connectivity index (χ3v) is 3.12. The van der Waals surface area contributed by atoms with Crippen LogP contribution in [0.3, 0.4) is 0 Å². The third-order valence-electron chi connectivity index (χ3n) is 3.12. The predicted octanol–water partition coefficient (Wildman–Crippen LogP) is 2.24. The molecule has 0 spiro atoms. The van der Waals surface area contributed by atoms with Gasteiger partial charge in [-0.1, -0.05) is 42.5 Å². The molecule has 1 amide bonds. The Morgan fingerprint density at radius 2 is 1.65 bits per heavy atom. The van der Waals surface area contributed by atoms with Gasteiger partial charge in [-0.15, -0.1) is 0 Å². The highest BCUT2D eigenvalue weighted by Crippen LogP contribution is 2.19. The van der Waals surface area contributed by atoms with Crippen LogP contribution in [0.5, 0.6) is 5.75 Å². The molecule has 0 aromatic heterocycles. The normalized spacial score (nSPS) is 13.5. The number of carbonyl (C=O) groups excluding carboxylic acids is 1. The second-order valence-electron chi connectivity index (χ2n) is 4.63. The molecule has 2 atom stereocenters. The van der Waals surface area contributed by atoms with Crippen molar-refractivity contribution in [1.82, 2.24) is 5.32 Å². The fourth-order valence-corrected chi connectivity index (χ4v) is 1.97. The van der Waals surface area contributed by atoms with Crippen molar-refractivity contribution in [2.45, 2.75) is 19.1 Å². The van der Waals surface area contributed by atoms with E-state index in [1.54, 1.807) is 31.2 Å². The lowest BCUT2D eigenvalue weighted by Crippen LogP contribution is -2.37. The summed E-state index contributed by atoms with van der Waals surface area (Å²) in [5.74, 6) is -0.489. The number of aromatic hydroxyl groups is 1. The van der Waals surface area contributed by atoms with Crippen molar-refractivity contribution in [3.05, 3.63) is 65.7 Å². The molecular formula is C16H17NO3. The Labute approximate surface area is 117 Å². The van der Waals surface area contributed by atoms with Gasteiger partial charge in [0.15, 0.2) is 0 Å². The second kappa shape index (κ2) is 6.21. The lowest BCUT2D eigenvalue weighted by atomic mass is 10.0. The number of para-hydroxylation sites is 1. The van der Waals surface area contributed by atoms with Gasteiger partial charge in [-0.05, 0) is 24.6 Å². The van der Waals surface area contributed by atoms with E-state index in [-0.39, 0.29) is 11.3 Å². The first-order valence-corrected chi connectivity index (χ1v) is 6.41. The average molecular weight is 271 g/mol. The number of carbonyl (C=O) groups is 1. The lowest BCUT2D eigenvalue weighted by Gasteiger charge is -2.20. The van der Waals surface area contributed by atoms with Gasteiger partial charge in [0.25, 0.3) is 5.91 Å². The second-order valence-corrected chi connectivity index (χ2v) is 4.63. The van der Waals surface area contributed by atoms with E-state index in [4.69, 9.17) is 0 Å². The molecule has 3 N–H and O–H groups in total. The van der Waals surface area contributed by atoms with Crippen molar-refractivity contribution in [3.8, 4) is 5.75 Å². The minimum Gasteiger partial charge on any atom is -0.507 e. The molecule has 0 heterocycles. The highest BCUT2D eigenvalue weighted by molar-refractivity contribution is 5.96. The van der Waals surface area contributed by atoms with Gasteiger partial charge in [-0.2, -0.15) is 0 Å². The minimum atomic E-state index is -0.800. The van der Waals surface area contributed by atoms with Crippen molar-refractivity contribution in [2.75, 3.05) is 0 Å². The molecule has 4 heteroatoms. The number of aliphatic hydroxyl groups excluding tert-OH is 1. The van der Waals surface area contributed by atoms with Crippen LogP contribution in [0.2, 0.25) is 0 Å². The number of phenols is 1. The molecule has 0 bridgehead atoms. The highest BCUT2D eigenvalue weighted by atomic mass is 16.3. The van der Waals surface area contributed by atoms with E-state index in [1.165, 1.54) is 12.1 Å². The predicted molar refractivity (Wildman–Crippen MR) is 76.4 cm³/mol. The molecular weight excluding hydrogens is 254 g/mol. The van der Waals surface area contributed by atoms with E-state index in [9.17, 15) is 15.0 Å². The molecule has 4 nitrogen and oxygen atoms in total. The van der Waals surface area contributed by atoms with Crippen LogP contribution in [0.15, 0.2) is 54.6 Å². The van der Waals surface area contributed by atoms with Gasteiger partial charge in [-0.3, -0.25) is 4.79 Å². The zero-order valence-corrected chi connectivity index (χ0v) is 11.2. The van der Waals surface area contributed by atoms with E-state index >= 15 is 0 Å². The van der Waals surface area contributed by atoms with Gasteiger partial charge in [0.05, 0.1) is 17.7 Å². The summed E-state index contributed by atoms with van der Waals surface area (Å²) in [6.07, 6.45) is -0.800. The van der Waals surface area contributed by atoms with Gasteiger partial charge in [0, 0.05) is 0 Å². The Morgan fingerprint density at radius 1 is 1.05 bits per heavy atom. The summed E-state index contributed by atoms with van der Waals surface area (Å²) in [6, 6.07) is 15.0. The van der Waals surface area contributed by atoms with Crippen LogP contribution < -0.4 is 5.32 Å². The SMILES string of the molecule is CC(NC(=O)c1ccccc1O)C(O)c1ccccc1. The van der Waals surface area contributed by atoms with Crippen LogP contribution in [0.4, 0.5) is 0 Å². The largest absolute Gasteiger partial charge is 0.507 e. The molecule has 2 aromatic carbocycles. The van der Waals surface area contributed by atoms with Crippen LogP contribution in [-0.2, 0) is 0 Å². The molecule has 0 aliphatic carbocycles. The zero-order chi connectivity index (χ0) is 14.5. The molecule has 0 fully saturated rings. The monoisotopic (exact) mass is 271 g/mol. The summed E-state index contributed by atoms with van der Waals surface area (Å²) in [7, 11) is 0. The highest BCUT2D eigenvalue weighted by Gasteiger charge is 2.20. The molecule has 0 saturated carbocycles. The number of phenolic OH excluding ortho intramolecular Hbond substituents is 1. The average Bonchev–Trinajstić information content (AvgIpc) is 2.47. The molecule has 104 valence electrons. The Balaban J connectivity index is 2.07. The van der Waals surface area contributed by atoms with Gasteiger partial charge in [0.2, 0.25) is 0 Å². The van der Waals surface area contributed by atoms with Crippen LogP contribution >= 0.6 is 0 Å². The summed E-state index contributed by atoms with van der Waals surface area (Å²) < 4.78 is 0. The molecule has 2 rings (SSSR count). The summed E-state index contributed by atoms with van der Waals surface area (Å²) in [4.78, 5) is 12.0. The minimum absolute atomic E-state index is 0.0774. The molecule has 0 aliphatic heterocycles. The van der Waals surface area contributed by atoms with Crippen LogP contribution in [-0.4, -0.2) is 22.2 Å². The fourth-order valence-electron chi connectivity index (χ4n) is 1.97. The molecule has 2 aromatic rings. The van der Waals surface area contributed by atoms with E-state index < -0.39 is 18.1 Å². The fraction of sp³-hybridized carbons (Fsp3) is 0.188. The number of aliphatic hydroxyl groups is 1. The van der Waals surface area contributed by atoms with Gasteiger partial charge >= 0.3 is 0 Å². The number of hydrogen-bond acceptors (Lipinski definition) is 3. The van der Waals surface area contributed by atoms with Gasteiger partial charge in [-0.25, -0.2) is 0 Å². The van der Waals surface area contributed by atoms with Crippen molar-refractivity contribution in [1.29, 1.82) is 0 Å². The Bertz CT molecular complexity index is 583. The van der Waals surface area contributed by atoms with Crippen molar-refractivity contribution >= 4 is 5.91 Å². The molecule has 0 aliphatic rings. The van der Waals surface area contributed by atoms with Crippen LogP contribution in [0.1, 0.15) is 28.9 Å². The van der Waals surface area contributed by atoms with Crippen molar-refractivity contribution in [3.63, 3.8) is 0 Å². The standard InChI is InChI=1S/C16H17NO3/c1-11(15(19)12-7-3-2-4-8-12)17-16(20)13-9-5-6-10-14(13)18/h2-11,15,18-19H,1H3,(H,17,20). The number of rotatable bonds is 4. The summed E-state index contributed by atoms with van der Waals surface area (Å²) in [5.41, 5.74) is 0.928. The number of hydrogen-bond donors (Lipinski definition) is 3. The molecule has 2 unspecified atom stereocenters. The van der Waals surface area contributed by atoms with E-state index in [2.05, 4.69) is 5.32 Å². The summed E-state index contributed by atoms with van der Waals surface area (Å²) in [6.45, 7) is 1.72. The Kier molecular flexibility index (Phi) is 4.38. The Hall–Kier alpha value is -2.33. The van der Waals surface area contributed by atoms with Crippen molar-refractivity contribution < 1.29 is 15.0 Å². The maximum Gasteiger partial charge on any atom is 0.255 e. The molecule has 20 heavy (non-hydrogen) atoms. The van der Waals surface area contributed by atoms with Gasteiger partial charge in [0.1, 0.15) is 5.75 Å². The van der Waals surface area contributed by atoms with E-state index in [1.807, 2.05) is 18.2 Å². The first-order valence-electron chi connectivity index (χ1n) is 6.41. The summed E-state index contributed by atoms with van der Waals surface area (Å²) in [5, 5.41) is 22.5. The maximum absolute atomic E-state index is 12.0. The third kappa shape index (κ3) is 3.16. The Morgan fingerprint density at radius 3 is 2.30 bits per heavy atom. The topological polar surface area (TPSA) is 69.6 Å². The zero-order valence-electron chi connectivity index (χ0n) is 11.2. The van der Waals surface area contributed by atoms with Crippen molar-refractivity contribution in [2.24, 2.45) is 0 Å². The lowest BCUT2D eigenvalue weighted by molar-refractivity contribution is 0.0849.